The first-order chi connectivity index (χ1) is 16.7. The molecular formula is C25H28N6O3. The lowest BCUT2D eigenvalue weighted by atomic mass is 10.0. The van der Waals surface area contributed by atoms with Crippen LogP contribution < -0.4 is 15.8 Å². The van der Waals surface area contributed by atoms with Gasteiger partial charge in [0.1, 0.15) is 18.3 Å². The van der Waals surface area contributed by atoms with Crippen molar-refractivity contribution in [1.82, 2.24) is 19.5 Å². The summed E-state index contributed by atoms with van der Waals surface area (Å²) in [6.07, 6.45) is 2.48. The number of para-hydroxylation sites is 1. The van der Waals surface area contributed by atoms with Gasteiger partial charge in [0.2, 0.25) is 5.95 Å². The number of nitrogens with zero attached hydrogens (tertiary/aromatic N) is 4. The average molecular weight is 461 g/mol. The van der Waals surface area contributed by atoms with Crippen molar-refractivity contribution < 1.29 is 14.6 Å². The quantitative estimate of drug-likeness (QED) is 0.364. The molecule has 3 heterocycles. The maximum atomic E-state index is 9.49. The summed E-state index contributed by atoms with van der Waals surface area (Å²) in [5.74, 6) is 1.80. The summed E-state index contributed by atoms with van der Waals surface area (Å²) in [4.78, 5) is 13.1. The molecule has 1 saturated heterocycles. The van der Waals surface area contributed by atoms with E-state index in [-0.39, 0.29) is 18.9 Å². The van der Waals surface area contributed by atoms with E-state index in [1.165, 1.54) is 6.33 Å². The summed E-state index contributed by atoms with van der Waals surface area (Å²) in [5, 5.41) is 12.9. The predicted octanol–water partition coefficient (Wildman–Crippen LogP) is 3.76. The predicted molar refractivity (Wildman–Crippen MR) is 130 cm³/mol. The van der Waals surface area contributed by atoms with Crippen molar-refractivity contribution in [3.8, 4) is 16.9 Å². The Morgan fingerprint density at radius 3 is 2.74 bits per heavy atom. The molecule has 2 atom stereocenters. The summed E-state index contributed by atoms with van der Waals surface area (Å²) in [6.45, 7) is 3.15. The van der Waals surface area contributed by atoms with Gasteiger partial charge in [-0.25, -0.2) is 15.0 Å². The third-order valence-corrected chi connectivity index (χ3v) is 5.98. The highest BCUT2D eigenvalue weighted by Gasteiger charge is 2.30. The van der Waals surface area contributed by atoms with Gasteiger partial charge in [0.15, 0.2) is 17.0 Å². The fourth-order valence-corrected chi connectivity index (χ4v) is 4.30. The topological polar surface area (TPSA) is 120 Å². The second-order valence-corrected chi connectivity index (χ2v) is 8.19. The Hall–Kier alpha value is -3.69. The van der Waals surface area contributed by atoms with Crippen LogP contribution in [0, 0.1) is 0 Å². The van der Waals surface area contributed by atoms with Crippen molar-refractivity contribution in [2.75, 3.05) is 24.3 Å². The van der Waals surface area contributed by atoms with Gasteiger partial charge < -0.3 is 25.6 Å². The number of aliphatic hydroxyl groups excluding tert-OH is 1. The van der Waals surface area contributed by atoms with Crippen molar-refractivity contribution in [3.05, 3.63) is 60.4 Å². The largest absolute Gasteiger partial charge is 0.493 e. The number of benzene rings is 2. The van der Waals surface area contributed by atoms with Gasteiger partial charge in [-0.05, 0) is 37.0 Å². The van der Waals surface area contributed by atoms with E-state index in [1.807, 2.05) is 29.7 Å². The molecule has 2 aromatic heterocycles. The zero-order valence-corrected chi connectivity index (χ0v) is 19.0. The lowest BCUT2D eigenvalue weighted by Crippen LogP contribution is -2.17. The van der Waals surface area contributed by atoms with Gasteiger partial charge in [-0.15, -0.1) is 0 Å². The third kappa shape index (κ3) is 4.27. The van der Waals surface area contributed by atoms with Crippen LogP contribution in [-0.4, -0.2) is 43.9 Å². The molecule has 0 bridgehead atoms. The van der Waals surface area contributed by atoms with Gasteiger partial charge in [0.05, 0.1) is 19.3 Å². The molecule has 1 aliphatic rings. The van der Waals surface area contributed by atoms with Crippen molar-refractivity contribution in [2.24, 2.45) is 0 Å². The van der Waals surface area contributed by atoms with Crippen molar-refractivity contribution >= 4 is 22.9 Å². The molecule has 0 spiro atoms. The maximum absolute atomic E-state index is 9.49. The summed E-state index contributed by atoms with van der Waals surface area (Å²) < 4.78 is 13.7. The molecule has 0 amide bonds. The van der Waals surface area contributed by atoms with E-state index in [2.05, 4.69) is 50.6 Å². The normalized spacial score (nSPS) is 17.8. The number of aromatic nitrogens is 4. The molecule has 9 nitrogen and oxygen atoms in total. The lowest BCUT2D eigenvalue weighted by Gasteiger charge is -2.17. The number of hydrogen-bond acceptors (Lipinski definition) is 8. The number of anilines is 2. The van der Waals surface area contributed by atoms with E-state index >= 15 is 0 Å². The van der Waals surface area contributed by atoms with Gasteiger partial charge >= 0.3 is 0 Å². The van der Waals surface area contributed by atoms with Crippen LogP contribution in [0.2, 0.25) is 0 Å². The number of ether oxygens (including phenoxy) is 2. The minimum absolute atomic E-state index is 0.0121. The molecule has 5 rings (SSSR count). The summed E-state index contributed by atoms with van der Waals surface area (Å²) >= 11 is 0. The minimum Gasteiger partial charge on any atom is -0.493 e. The fraction of sp³-hybridized carbons (Fsp3) is 0.320. The first-order valence-electron chi connectivity index (χ1n) is 11.5. The number of rotatable bonds is 8. The van der Waals surface area contributed by atoms with E-state index < -0.39 is 0 Å². The summed E-state index contributed by atoms with van der Waals surface area (Å²) in [7, 11) is 0. The van der Waals surface area contributed by atoms with Crippen LogP contribution in [0.3, 0.4) is 0 Å². The average Bonchev–Trinajstić information content (AvgIpc) is 3.49. The Morgan fingerprint density at radius 1 is 1.15 bits per heavy atom. The Morgan fingerprint density at radius 2 is 1.97 bits per heavy atom. The number of hydrogen-bond donors (Lipinski definition) is 3. The molecule has 4 N–H and O–H groups in total. The molecule has 0 radical (unpaired) electrons. The van der Waals surface area contributed by atoms with Gasteiger partial charge in [-0.2, -0.15) is 0 Å². The van der Waals surface area contributed by atoms with E-state index in [4.69, 9.17) is 15.2 Å². The monoisotopic (exact) mass is 460 g/mol. The number of imidazole rings is 1. The van der Waals surface area contributed by atoms with Crippen LogP contribution in [0.25, 0.3) is 22.3 Å². The first kappa shape index (κ1) is 22.1. The Balaban J connectivity index is 1.38. The van der Waals surface area contributed by atoms with Crippen LogP contribution in [0.5, 0.6) is 5.75 Å². The number of nitrogens with two attached hydrogens (primary N) is 1. The first-order valence-corrected chi connectivity index (χ1v) is 11.5. The molecule has 34 heavy (non-hydrogen) atoms. The molecule has 2 aromatic carbocycles. The number of nitrogen functional groups attached to an aromatic ring is 1. The standard InChI is InChI=1S/C25H28N6O3/c1-2-33-20-6-4-3-5-19(20)17-9-7-16(8-10-17)13-27-25-30-22-23(26)28-15-29-24(22)31(25)21-12-11-18(14-32)34-21/h3-10,15,18,21,32H,2,11-14H2,1H3,(H,27,30)(H2,26,28,29)/t18-,21+/m0/s1. The number of fused-ring (bicyclic) bond motifs is 1. The van der Waals surface area contributed by atoms with Crippen LogP contribution in [-0.2, 0) is 11.3 Å². The fourth-order valence-electron chi connectivity index (χ4n) is 4.30. The molecular weight excluding hydrogens is 432 g/mol. The van der Waals surface area contributed by atoms with E-state index in [9.17, 15) is 5.11 Å². The van der Waals surface area contributed by atoms with Crippen LogP contribution in [0.1, 0.15) is 31.6 Å². The maximum Gasteiger partial charge on any atom is 0.207 e. The smallest absolute Gasteiger partial charge is 0.207 e. The molecule has 0 unspecified atom stereocenters. The van der Waals surface area contributed by atoms with E-state index in [1.54, 1.807) is 0 Å². The molecule has 1 aliphatic heterocycles. The second-order valence-electron chi connectivity index (χ2n) is 8.19. The SMILES string of the molecule is CCOc1ccccc1-c1ccc(CNc2nc3c(N)ncnc3n2[C@H]2CC[C@@H](CO)O2)cc1. The number of nitrogens with one attached hydrogen (secondary N) is 1. The molecule has 9 heteroatoms. The van der Waals surface area contributed by atoms with Crippen molar-refractivity contribution in [1.29, 1.82) is 0 Å². The highest BCUT2D eigenvalue weighted by atomic mass is 16.5. The van der Waals surface area contributed by atoms with Crippen LogP contribution >= 0.6 is 0 Å². The van der Waals surface area contributed by atoms with Gasteiger partial charge in [0, 0.05) is 12.1 Å². The number of aliphatic hydroxyl groups is 1. The second kappa shape index (κ2) is 9.66. The van der Waals surface area contributed by atoms with Crippen LogP contribution in [0.15, 0.2) is 54.9 Å². The Bertz CT molecular complexity index is 1270. The van der Waals surface area contributed by atoms with Gasteiger partial charge in [-0.3, -0.25) is 4.57 Å². The molecule has 0 aliphatic carbocycles. The molecule has 1 fully saturated rings. The zero-order chi connectivity index (χ0) is 23.5. The Labute approximate surface area is 197 Å². The Kier molecular flexibility index (Phi) is 6.29. The summed E-state index contributed by atoms with van der Waals surface area (Å²) in [6, 6.07) is 16.4. The lowest BCUT2D eigenvalue weighted by molar-refractivity contribution is -0.0197. The van der Waals surface area contributed by atoms with E-state index in [0.29, 0.717) is 36.1 Å². The van der Waals surface area contributed by atoms with Crippen LogP contribution in [0.4, 0.5) is 11.8 Å². The molecule has 4 aromatic rings. The van der Waals surface area contributed by atoms with Crippen molar-refractivity contribution in [3.63, 3.8) is 0 Å². The molecule has 0 saturated carbocycles. The minimum atomic E-state index is -0.281. The van der Waals surface area contributed by atoms with Gasteiger partial charge in [-0.1, -0.05) is 42.5 Å². The summed E-state index contributed by atoms with van der Waals surface area (Å²) in [5.41, 5.74) is 10.5. The highest BCUT2D eigenvalue weighted by molar-refractivity contribution is 5.84. The molecule has 176 valence electrons. The van der Waals surface area contributed by atoms with Gasteiger partial charge in [0.25, 0.3) is 0 Å². The van der Waals surface area contributed by atoms with E-state index in [0.717, 1.165) is 35.3 Å². The zero-order valence-electron chi connectivity index (χ0n) is 19.0. The van der Waals surface area contributed by atoms with Crippen molar-refractivity contribution in [2.45, 2.75) is 38.6 Å². The third-order valence-electron chi connectivity index (χ3n) is 5.98. The highest BCUT2D eigenvalue weighted by Crippen LogP contribution is 2.35.